The van der Waals surface area contributed by atoms with Gasteiger partial charge in [-0.25, -0.2) is 0 Å². The average Bonchev–Trinajstić information content (AvgIpc) is 3.29. The molecule has 0 aromatic carbocycles. The van der Waals surface area contributed by atoms with E-state index in [2.05, 4.69) is 26.1 Å². The van der Waals surface area contributed by atoms with E-state index >= 15 is 0 Å². The van der Waals surface area contributed by atoms with Crippen molar-refractivity contribution in [3.63, 3.8) is 0 Å². The van der Waals surface area contributed by atoms with Crippen LogP contribution in [0, 0.1) is 6.92 Å². The van der Waals surface area contributed by atoms with Crippen molar-refractivity contribution in [2.75, 3.05) is 38.2 Å². The fourth-order valence-corrected chi connectivity index (χ4v) is 3.80. The highest BCUT2D eigenvalue weighted by Crippen LogP contribution is 2.27. The van der Waals surface area contributed by atoms with Crippen molar-refractivity contribution in [2.24, 2.45) is 0 Å². The Bertz CT molecular complexity index is 680. The van der Waals surface area contributed by atoms with E-state index in [1.54, 1.807) is 0 Å². The molecule has 2 aliphatic heterocycles. The third-order valence-corrected chi connectivity index (χ3v) is 5.08. The quantitative estimate of drug-likeness (QED) is 0.842. The topological polar surface area (TPSA) is 58.8 Å². The molecule has 7 nitrogen and oxygen atoms in total. The number of fused-ring (bicyclic) bond motifs is 1. The molecule has 2 aliphatic rings. The monoisotopic (exact) mass is 316 g/mol. The molecule has 4 heterocycles. The van der Waals surface area contributed by atoms with Crippen molar-refractivity contribution in [2.45, 2.75) is 38.3 Å². The highest BCUT2D eigenvalue weighted by Gasteiger charge is 2.34. The summed E-state index contributed by atoms with van der Waals surface area (Å²) in [6, 6.07) is 4.51. The van der Waals surface area contributed by atoms with Gasteiger partial charge in [0.1, 0.15) is 5.82 Å². The SMILES string of the molecule is CO[C@H]1C[C@@H](CN2CCCC2)N(c2ccc3nnc(C)n3n2)C1. The van der Waals surface area contributed by atoms with E-state index < -0.39 is 0 Å². The Morgan fingerprint density at radius 3 is 2.83 bits per heavy atom. The van der Waals surface area contributed by atoms with Crippen molar-refractivity contribution in [3.8, 4) is 0 Å². The molecule has 0 aliphatic carbocycles. The van der Waals surface area contributed by atoms with E-state index in [0.717, 1.165) is 36.8 Å². The highest BCUT2D eigenvalue weighted by molar-refractivity contribution is 5.47. The van der Waals surface area contributed by atoms with E-state index in [0.29, 0.717) is 6.04 Å². The minimum atomic E-state index is 0.280. The summed E-state index contributed by atoms with van der Waals surface area (Å²) in [5, 5.41) is 13.0. The van der Waals surface area contributed by atoms with Crippen LogP contribution >= 0.6 is 0 Å². The second-order valence-corrected chi connectivity index (χ2v) is 6.62. The standard InChI is InChI=1S/C16H24N6O/c1-12-17-18-15-5-6-16(19-22(12)15)21-11-14(23-2)9-13(21)10-20-7-3-4-8-20/h5-6,13-14H,3-4,7-11H2,1-2H3/t13-,14-/m0/s1. The summed E-state index contributed by atoms with van der Waals surface area (Å²) in [5.41, 5.74) is 0.796. The predicted octanol–water partition coefficient (Wildman–Crippen LogP) is 1.12. The second kappa shape index (κ2) is 6.05. The molecule has 0 unspecified atom stereocenters. The minimum absolute atomic E-state index is 0.280. The van der Waals surface area contributed by atoms with Crippen LogP contribution in [0.25, 0.3) is 5.65 Å². The largest absolute Gasteiger partial charge is 0.380 e. The van der Waals surface area contributed by atoms with Gasteiger partial charge in [-0.15, -0.1) is 15.3 Å². The Labute approximate surface area is 136 Å². The maximum atomic E-state index is 5.63. The molecule has 0 saturated carbocycles. The number of nitrogens with zero attached hydrogens (tertiary/aromatic N) is 6. The van der Waals surface area contributed by atoms with Crippen molar-refractivity contribution in [1.82, 2.24) is 24.7 Å². The summed E-state index contributed by atoms with van der Waals surface area (Å²) in [6.07, 6.45) is 3.99. The number of likely N-dealkylation sites (tertiary alicyclic amines) is 1. The molecule has 23 heavy (non-hydrogen) atoms. The first-order valence-corrected chi connectivity index (χ1v) is 8.45. The molecule has 2 aromatic heterocycles. The number of anilines is 1. The molecule has 7 heteroatoms. The normalized spacial score (nSPS) is 25.7. The van der Waals surface area contributed by atoms with Crippen molar-refractivity contribution < 1.29 is 4.74 Å². The van der Waals surface area contributed by atoms with Gasteiger partial charge in [0.05, 0.1) is 6.10 Å². The number of hydrogen-bond donors (Lipinski definition) is 0. The molecule has 124 valence electrons. The van der Waals surface area contributed by atoms with Gasteiger partial charge in [-0.05, 0) is 51.4 Å². The van der Waals surface area contributed by atoms with Crippen LogP contribution in [0.2, 0.25) is 0 Å². The van der Waals surface area contributed by atoms with E-state index in [-0.39, 0.29) is 6.10 Å². The molecule has 0 amide bonds. The van der Waals surface area contributed by atoms with Gasteiger partial charge in [0.15, 0.2) is 11.5 Å². The summed E-state index contributed by atoms with van der Waals surface area (Å²) in [4.78, 5) is 4.96. The van der Waals surface area contributed by atoms with Gasteiger partial charge < -0.3 is 14.5 Å². The smallest absolute Gasteiger partial charge is 0.178 e. The van der Waals surface area contributed by atoms with Crippen LogP contribution in [0.3, 0.4) is 0 Å². The molecule has 2 saturated heterocycles. The lowest BCUT2D eigenvalue weighted by Gasteiger charge is -2.28. The molecular weight excluding hydrogens is 292 g/mol. The van der Waals surface area contributed by atoms with Gasteiger partial charge in [0, 0.05) is 26.2 Å². The first-order valence-electron chi connectivity index (χ1n) is 8.45. The van der Waals surface area contributed by atoms with Crippen molar-refractivity contribution in [3.05, 3.63) is 18.0 Å². The molecular formula is C16H24N6O. The predicted molar refractivity (Wildman–Crippen MR) is 87.7 cm³/mol. The first-order chi connectivity index (χ1) is 11.2. The third kappa shape index (κ3) is 2.79. The highest BCUT2D eigenvalue weighted by atomic mass is 16.5. The average molecular weight is 316 g/mol. The fourth-order valence-electron chi connectivity index (χ4n) is 3.80. The Kier molecular flexibility index (Phi) is 3.90. The summed E-state index contributed by atoms with van der Waals surface area (Å²) in [7, 11) is 1.81. The number of hydrogen-bond acceptors (Lipinski definition) is 6. The molecule has 2 aromatic rings. The molecule has 0 N–H and O–H groups in total. The van der Waals surface area contributed by atoms with E-state index in [4.69, 9.17) is 9.84 Å². The molecule has 2 atom stereocenters. The number of rotatable bonds is 4. The molecule has 0 bridgehead atoms. The fraction of sp³-hybridized carbons (Fsp3) is 0.688. The first kappa shape index (κ1) is 14.8. The van der Waals surface area contributed by atoms with Gasteiger partial charge in [-0.2, -0.15) is 4.52 Å². The van der Waals surface area contributed by atoms with E-state index in [9.17, 15) is 0 Å². The van der Waals surface area contributed by atoms with Gasteiger partial charge in [-0.1, -0.05) is 0 Å². The number of ether oxygens (including phenoxy) is 1. The maximum absolute atomic E-state index is 5.63. The number of aryl methyl sites for hydroxylation is 1. The van der Waals surface area contributed by atoms with Crippen LogP contribution in [0.5, 0.6) is 0 Å². The van der Waals surface area contributed by atoms with Crippen LogP contribution < -0.4 is 4.90 Å². The zero-order chi connectivity index (χ0) is 15.8. The number of aromatic nitrogens is 4. The van der Waals surface area contributed by atoms with E-state index in [1.807, 2.05) is 24.6 Å². The van der Waals surface area contributed by atoms with Gasteiger partial charge >= 0.3 is 0 Å². The summed E-state index contributed by atoms with van der Waals surface area (Å²) in [5.74, 6) is 1.81. The Balaban J connectivity index is 1.60. The Hall–Kier alpha value is -1.73. The van der Waals surface area contributed by atoms with Gasteiger partial charge in [-0.3, -0.25) is 0 Å². The lowest BCUT2D eigenvalue weighted by Crippen LogP contribution is -2.40. The van der Waals surface area contributed by atoms with Crippen molar-refractivity contribution in [1.29, 1.82) is 0 Å². The zero-order valence-electron chi connectivity index (χ0n) is 13.9. The molecule has 0 radical (unpaired) electrons. The van der Waals surface area contributed by atoms with Gasteiger partial charge in [0.25, 0.3) is 0 Å². The Morgan fingerprint density at radius 2 is 2.04 bits per heavy atom. The maximum Gasteiger partial charge on any atom is 0.178 e. The summed E-state index contributed by atoms with van der Waals surface area (Å²) in [6.45, 7) is 6.37. The summed E-state index contributed by atoms with van der Waals surface area (Å²) < 4.78 is 7.46. The van der Waals surface area contributed by atoms with Gasteiger partial charge in [0.2, 0.25) is 0 Å². The van der Waals surface area contributed by atoms with Crippen LogP contribution in [0.1, 0.15) is 25.1 Å². The number of methoxy groups -OCH3 is 1. The lowest BCUT2D eigenvalue weighted by atomic mass is 10.2. The van der Waals surface area contributed by atoms with Crippen LogP contribution in [0.4, 0.5) is 5.82 Å². The Morgan fingerprint density at radius 1 is 1.22 bits per heavy atom. The molecule has 4 rings (SSSR count). The third-order valence-electron chi connectivity index (χ3n) is 5.08. The van der Waals surface area contributed by atoms with Crippen molar-refractivity contribution >= 4 is 11.5 Å². The minimum Gasteiger partial charge on any atom is -0.380 e. The van der Waals surface area contributed by atoms with E-state index in [1.165, 1.54) is 25.9 Å². The van der Waals surface area contributed by atoms with Crippen LogP contribution in [-0.4, -0.2) is 70.1 Å². The second-order valence-electron chi connectivity index (χ2n) is 6.62. The summed E-state index contributed by atoms with van der Waals surface area (Å²) >= 11 is 0. The molecule has 0 spiro atoms. The van der Waals surface area contributed by atoms with Crippen LogP contribution in [0.15, 0.2) is 12.1 Å². The molecule has 2 fully saturated rings. The van der Waals surface area contributed by atoms with Crippen LogP contribution in [-0.2, 0) is 4.74 Å². The zero-order valence-corrected chi connectivity index (χ0v) is 13.9. The lowest BCUT2D eigenvalue weighted by molar-refractivity contribution is 0.116.